The van der Waals surface area contributed by atoms with Gasteiger partial charge in [0.25, 0.3) is 0 Å². The van der Waals surface area contributed by atoms with Crippen LogP contribution >= 0.6 is 18.8 Å². The molecule has 3 aliphatic rings. The van der Waals surface area contributed by atoms with E-state index in [2.05, 4.69) is 24.3 Å². The van der Waals surface area contributed by atoms with Crippen LogP contribution < -0.4 is 0 Å². The van der Waals surface area contributed by atoms with Crippen molar-refractivity contribution in [2.75, 3.05) is 0 Å². The monoisotopic (exact) mass is 397 g/mol. The number of rotatable bonds is 0. The molecule has 3 rings (SSSR count). The van der Waals surface area contributed by atoms with Gasteiger partial charge in [0.2, 0.25) is 0 Å². The van der Waals surface area contributed by atoms with Crippen molar-refractivity contribution >= 4 is 18.8 Å². The van der Waals surface area contributed by atoms with Gasteiger partial charge >= 0.3 is 35.3 Å². The molecule has 0 amide bonds. The molecule has 0 radical (unpaired) electrons. The first-order chi connectivity index (χ1) is 6.36. The minimum absolute atomic E-state index is 0.472. The Morgan fingerprint density at radius 2 is 1.77 bits per heavy atom. The van der Waals surface area contributed by atoms with Gasteiger partial charge in [-0.3, -0.25) is 0 Å². The molecule has 1 fully saturated rings. The number of fused-ring (bicyclic) bond motifs is 5. The van der Waals surface area contributed by atoms with Crippen LogP contribution in [0.15, 0.2) is 24.3 Å². The fourth-order valence-corrected chi connectivity index (χ4v) is 2.97. The SMILES string of the molecule is C1=C[C@@H]2C3C=CC(C3)[C@@H]2C1.[Cl][Pt][Cl]. The van der Waals surface area contributed by atoms with Gasteiger partial charge in [-0.25, -0.2) is 0 Å². The van der Waals surface area contributed by atoms with E-state index in [1.807, 2.05) is 0 Å². The van der Waals surface area contributed by atoms with E-state index in [0.717, 1.165) is 23.7 Å². The van der Waals surface area contributed by atoms with Crippen LogP contribution in [0.1, 0.15) is 12.8 Å². The first kappa shape index (κ1) is 10.3. The normalized spacial score (nSPS) is 43.5. The standard InChI is InChI=1S/C10H12.2ClH.Pt/c1-2-9-7-4-5-8(6-7)10(9)3-1;;;/h1-2,4-5,7-10H,3,6H2;2*1H;/q;;;+2/p-2/t7?,8?,9-,10+;;;/m1.../s1. The van der Waals surface area contributed by atoms with Gasteiger partial charge in [0.15, 0.2) is 0 Å². The molecule has 2 unspecified atom stereocenters. The Balaban J connectivity index is 0.000000196. The summed E-state index contributed by atoms with van der Waals surface area (Å²) < 4.78 is 0. The van der Waals surface area contributed by atoms with Crippen molar-refractivity contribution in [3.8, 4) is 0 Å². The molecule has 0 nitrogen and oxygen atoms in total. The predicted molar refractivity (Wildman–Crippen MR) is 53.2 cm³/mol. The van der Waals surface area contributed by atoms with Gasteiger partial charge in [-0.1, -0.05) is 24.3 Å². The zero-order chi connectivity index (χ0) is 9.26. The summed E-state index contributed by atoms with van der Waals surface area (Å²) in [5, 5.41) is 0. The summed E-state index contributed by atoms with van der Waals surface area (Å²) in [7, 11) is 9.75. The number of hydrogen-bond donors (Lipinski definition) is 0. The van der Waals surface area contributed by atoms with Gasteiger partial charge in [-0.2, -0.15) is 0 Å². The topological polar surface area (TPSA) is 0 Å². The second kappa shape index (κ2) is 4.51. The summed E-state index contributed by atoms with van der Waals surface area (Å²) in [6.07, 6.45) is 12.5. The summed E-state index contributed by atoms with van der Waals surface area (Å²) in [5.41, 5.74) is 0. The Morgan fingerprint density at radius 3 is 2.46 bits per heavy atom. The molecule has 3 heteroatoms. The number of halogens is 2. The third-order valence-electron chi connectivity index (χ3n) is 3.46. The van der Waals surface area contributed by atoms with Crippen molar-refractivity contribution in [2.45, 2.75) is 12.8 Å². The molecular weight excluding hydrogens is 386 g/mol. The number of hydrogen-bond acceptors (Lipinski definition) is 0. The summed E-state index contributed by atoms with van der Waals surface area (Å²) in [6.45, 7) is 0. The molecule has 1 saturated carbocycles. The van der Waals surface area contributed by atoms with Crippen LogP contribution in [-0.4, -0.2) is 0 Å². The minimum atomic E-state index is -0.472. The van der Waals surface area contributed by atoms with E-state index in [0.29, 0.717) is 0 Å². The first-order valence-corrected chi connectivity index (χ1v) is 10.2. The van der Waals surface area contributed by atoms with Crippen LogP contribution in [0.25, 0.3) is 0 Å². The molecule has 0 aromatic rings. The quantitative estimate of drug-likeness (QED) is 0.546. The van der Waals surface area contributed by atoms with E-state index in [1.54, 1.807) is 0 Å². The van der Waals surface area contributed by atoms with E-state index in [9.17, 15) is 0 Å². The van der Waals surface area contributed by atoms with Gasteiger partial charge in [0.05, 0.1) is 0 Å². The summed E-state index contributed by atoms with van der Waals surface area (Å²) >= 11 is -0.472. The van der Waals surface area contributed by atoms with Gasteiger partial charge in [0, 0.05) is 0 Å². The fraction of sp³-hybridized carbons (Fsp3) is 0.600. The Kier molecular flexibility index (Phi) is 3.57. The molecule has 0 aliphatic heterocycles. The van der Waals surface area contributed by atoms with Crippen molar-refractivity contribution in [1.29, 1.82) is 0 Å². The van der Waals surface area contributed by atoms with Crippen LogP contribution in [0.2, 0.25) is 0 Å². The molecule has 13 heavy (non-hydrogen) atoms. The Morgan fingerprint density at radius 1 is 1.08 bits per heavy atom. The number of allylic oxidation sites excluding steroid dienone is 4. The van der Waals surface area contributed by atoms with Crippen LogP contribution in [0.4, 0.5) is 0 Å². The molecule has 0 N–H and O–H groups in total. The molecule has 3 aliphatic carbocycles. The van der Waals surface area contributed by atoms with E-state index in [4.69, 9.17) is 18.8 Å². The average Bonchev–Trinajstić information content (AvgIpc) is 2.79. The van der Waals surface area contributed by atoms with Crippen LogP contribution in [0.3, 0.4) is 0 Å². The third-order valence-corrected chi connectivity index (χ3v) is 3.46. The molecule has 0 aromatic carbocycles. The molecular formula is C10H12Cl2Pt. The maximum absolute atomic E-state index is 4.88. The summed E-state index contributed by atoms with van der Waals surface area (Å²) in [5.74, 6) is 3.82. The molecule has 76 valence electrons. The summed E-state index contributed by atoms with van der Waals surface area (Å²) in [6, 6.07) is 0. The Bertz CT molecular complexity index is 237. The van der Waals surface area contributed by atoms with E-state index >= 15 is 0 Å². The van der Waals surface area contributed by atoms with Crippen molar-refractivity contribution < 1.29 is 16.5 Å². The molecule has 4 atom stereocenters. The predicted octanol–water partition coefficient (Wildman–Crippen LogP) is 3.76. The Labute approximate surface area is 95.8 Å². The maximum atomic E-state index is 4.88. The van der Waals surface area contributed by atoms with Gasteiger partial charge in [-0.15, -0.1) is 0 Å². The molecule has 0 saturated heterocycles. The van der Waals surface area contributed by atoms with Crippen molar-refractivity contribution in [3.63, 3.8) is 0 Å². The zero-order valence-corrected chi connectivity index (χ0v) is 10.9. The fourth-order valence-electron chi connectivity index (χ4n) is 2.97. The second-order valence-corrected chi connectivity index (χ2v) is 7.18. The molecule has 0 heterocycles. The third kappa shape index (κ3) is 1.91. The van der Waals surface area contributed by atoms with Crippen LogP contribution in [0, 0.1) is 23.7 Å². The first-order valence-electron chi connectivity index (χ1n) is 4.54. The van der Waals surface area contributed by atoms with Gasteiger partial charge in [0.1, 0.15) is 0 Å². The van der Waals surface area contributed by atoms with Crippen molar-refractivity contribution in [2.24, 2.45) is 23.7 Å². The van der Waals surface area contributed by atoms with Crippen molar-refractivity contribution in [3.05, 3.63) is 24.3 Å². The van der Waals surface area contributed by atoms with E-state index < -0.39 is 16.5 Å². The molecule has 0 aromatic heterocycles. The molecule has 2 bridgehead atoms. The van der Waals surface area contributed by atoms with Gasteiger partial charge in [-0.05, 0) is 36.5 Å². The van der Waals surface area contributed by atoms with Gasteiger partial charge < -0.3 is 0 Å². The average molecular weight is 398 g/mol. The summed E-state index contributed by atoms with van der Waals surface area (Å²) in [4.78, 5) is 0. The van der Waals surface area contributed by atoms with Crippen molar-refractivity contribution in [1.82, 2.24) is 0 Å². The Hall–Kier alpha value is 0.748. The van der Waals surface area contributed by atoms with E-state index in [-0.39, 0.29) is 0 Å². The van der Waals surface area contributed by atoms with Crippen LogP contribution in [0.5, 0.6) is 0 Å². The van der Waals surface area contributed by atoms with E-state index in [1.165, 1.54) is 12.8 Å². The van der Waals surface area contributed by atoms with Crippen LogP contribution in [-0.2, 0) is 16.5 Å². The second-order valence-electron chi connectivity index (χ2n) is 3.90. The molecule has 0 spiro atoms. The zero-order valence-electron chi connectivity index (χ0n) is 7.11.